The molecule has 7 heteroatoms. The number of ether oxygens (including phenoxy) is 1. The zero-order valence-electron chi connectivity index (χ0n) is 15.6. The Morgan fingerprint density at radius 2 is 1.75 bits per heavy atom. The molecular formula is C17H31ClN4O2. The average molecular weight is 359 g/mol. The predicted molar refractivity (Wildman–Crippen MR) is 94.6 cm³/mol. The van der Waals surface area contributed by atoms with Crippen LogP contribution in [0.4, 0.5) is 4.79 Å². The average Bonchev–Trinajstić information content (AvgIpc) is 2.57. The van der Waals surface area contributed by atoms with Gasteiger partial charge >= 0.3 is 6.09 Å². The Bertz CT molecular complexity index is 505. The number of amides is 1. The molecule has 138 valence electrons. The minimum absolute atomic E-state index is 0.0721. The number of alkyl halides is 1. The van der Waals surface area contributed by atoms with Gasteiger partial charge in [0, 0.05) is 17.1 Å². The van der Waals surface area contributed by atoms with Crippen LogP contribution in [0.3, 0.4) is 0 Å². The third-order valence-corrected chi connectivity index (χ3v) is 6.22. The summed E-state index contributed by atoms with van der Waals surface area (Å²) in [7, 11) is 2.12. The van der Waals surface area contributed by atoms with E-state index in [2.05, 4.69) is 36.6 Å². The second-order valence-corrected chi connectivity index (χ2v) is 9.64. The second kappa shape index (κ2) is 5.73. The van der Waals surface area contributed by atoms with E-state index < -0.39 is 5.60 Å². The van der Waals surface area contributed by atoms with Gasteiger partial charge in [0.05, 0.1) is 0 Å². The van der Waals surface area contributed by atoms with Crippen LogP contribution >= 0.6 is 11.6 Å². The number of hydrogen-bond acceptors (Lipinski definition) is 5. The Balaban J connectivity index is 1.78. The number of rotatable bonds is 2. The molecule has 0 aromatic heterocycles. The smallest absolute Gasteiger partial charge is 0.411 e. The first-order valence-corrected chi connectivity index (χ1v) is 9.29. The van der Waals surface area contributed by atoms with Crippen LogP contribution in [-0.2, 0) is 4.74 Å². The van der Waals surface area contributed by atoms with E-state index in [1.807, 2.05) is 25.7 Å². The summed E-state index contributed by atoms with van der Waals surface area (Å²) in [6, 6.07) is 0.391. The Labute approximate surface area is 150 Å². The van der Waals surface area contributed by atoms with Gasteiger partial charge in [-0.3, -0.25) is 9.80 Å². The minimum Gasteiger partial charge on any atom is -0.444 e. The van der Waals surface area contributed by atoms with E-state index in [0.29, 0.717) is 6.04 Å². The summed E-state index contributed by atoms with van der Waals surface area (Å²) in [5, 5.41) is 0. The van der Waals surface area contributed by atoms with Crippen molar-refractivity contribution in [3.63, 3.8) is 0 Å². The quantitative estimate of drug-likeness (QED) is 0.587. The molecular weight excluding hydrogens is 328 g/mol. The predicted octanol–water partition coefficient (Wildman–Crippen LogP) is 2.63. The molecule has 3 fully saturated rings. The molecule has 3 saturated heterocycles. The van der Waals surface area contributed by atoms with Crippen molar-refractivity contribution in [2.24, 2.45) is 0 Å². The molecule has 5 atom stereocenters. The number of carbonyl (C=O) groups excluding carboxylic acids is 1. The van der Waals surface area contributed by atoms with E-state index in [9.17, 15) is 4.79 Å². The number of likely N-dealkylation sites (N-methyl/N-ethyl adjacent to an activating group) is 1. The van der Waals surface area contributed by atoms with Gasteiger partial charge in [0.2, 0.25) is 0 Å². The Morgan fingerprint density at radius 1 is 1.21 bits per heavy atom. The normalized spacial score (nSPS) is 42.2. The largest absolute Gasteiger partial charge is 0.444 e. The lowest BCUT2D eigenvalue weighted by molar-refractivity contribution is -0.0644. The summed E-state index contributed by atoms with van der Waals surface area (Å²) < 4.78 is 5.71. The fraction of sp³-hybridized carbons (Fsp3) is 0.941. The molecule has 1 unspecified atom stereocenters. The van der Waals surface area contributed by atoms with Gasteiger partial charge in [-0.2, -0.15) is 0 Å². The summed E-state index contributed by atoms with van der Waals surface area (Å²) >= 11 is 6.24. The van der Waals surface area contributed by atoms with Gasteiger partial charge in [0.15, 0.2) is 0 Å². The van der Waals surface area contributed by atoms with Crippen LogP contribution < -0.4 is 10.9 Å². The molecule has 0 aromatic rings. The summed E-state index contributed by atoms with van der Waals surface area (Å²) in [6.45, 7) is 10.2. The van der Waals surface area contributed by atoms with Crippen molar-refractivity contribution in [3.05, 3.63) is 0 Å². The second-order valence-electron chi connectivity index (χ2n) is 9.17. The van der Waals surface area contributed by atoms with Crippen molar-refractivity contribution in [2.75, 3.05) is 7.05 Å². The van der Waals surface area contributed by atoms with Crippen LogP contribution in [0.1, 0.15) is 60.3 Å². The van der Waals surface area contributed by atoms with E-state index in [1.165, 1.54) is 0 Å². The summed E-state index contributed by atoms with van der Waals surface area (Å²) in [4.78, 5) is 17.2. The van der Waals surface area contributed by atoms with E-state index in [1.54, 1.807) is 0 Å². The standard InChI is InChI=1S/C17H31ClN4O2/c1-15(2,3)24-14(23)22-16(4)7-8-17(22,5)10-11(9-16)21(6)13-12(18)19-20-13/h11-13,19-20H,7-10H2,1-6H3/t11-,12-,13?,16-,17+/m0/s1. The van der Waals surface area contributed by atoms with Crippen molar-refractivity contribution >= 4 is 17.7 Å². The van der Waals surface area contributed by atoms with Crippen molar-refractivity contribution < 1.29 is 9.53 Å². The topological polar surface area (TPSA) is 56.8 Å². The first-order valence-electron chi connectivity index (χ1n) is 8.86. The molecule has 3 rings (SSSR count). The third kappa shape index (κ3) is 3.02. The molecule has 0 spiro atoms. The highest BCUT2D eigenvalue weighted by Crippen LogP contribution is 2.52. The Morgan fingerprint density at radius 3 is 2.12 bits per heavy atom. The van der Waals surface area contributed by atoms with Crippen molar-refractivity contribution in [1.82, 2.24) is 20.7 Å². The molecule has 3 aliphatic rings. The highest BCUT2D eigenvalue weighted by atomic mass is 35.5. The number of hydrogen-bond donors (Lipinski definition) is 2. The number of hydrazine groups is 1. The number of nitrogens with one attached hydrogen (secondary N) is 2. The highest BCUT2D eigenvalue weighted by Gasteiger charge is 2.59. The van der Waals surface area contributed by atoms with Gasteiger partial charge in [0.1, 0.15) is 17.3 Å². The third-order valence-electron chi connectivity index (χ3n) is 5.87. The molecule has 3 aliphatic heterocycles. The van der Waals surface area contributed by atoms with Gasteiger partial charge in [-0.25, -0.2) is 15.6 Å². The molecule has 0 saturated carbocycles. The first-order chi connectivity index (χ1) is 11.0. The zero-order chi connectivity index (χ0) is 17.9. The summed E-state index contributed by atoms with van der Waals surface area (Å²) in [5.74, 6) is 0. The number of nitrogens with zero attached hydrogens (tertiary/aromatic N) is 2. The van der Waals surface area contributed by atoms with E-state index in [-0.39, 0.29) is 28.8 Å². The van der Waals surface area contributed by atoms with Crippen LogP contribution in [-0.4, -0.2) is 57.3 Å². The maximum absolute atomic E-state index is 12.9. The van der Waals surface area contributed by atoms with Gasteiger partial charge < -0.3 is 4.74 Å². The molecule has 2 N–H and O–H groups in total. The molecule has 0 aromatic carbocycles. The molecule has 6 nitrogen and oxygen atoms in total. The van der Waals surface area contributed by atoms with Crippen LogP contribution in [0.25, 0.3) is 0 Å². The van der Waals surface area contributed by atoms with Gasteiger partial charge in [-0.05, 0) is 67.3 Å². The van der Waals surface area contributed by atoms with Crippen LogP contribution in [0.2, 0.25) is 0 Å². The van der Waals surface area contributed by atoms with Crippen LogP contribution in [0, 0.1) is 0 Å². The highest BCUT2D eigenvalue weighted by molar-refractivity contribution is 6.21. The monoisotopic (exact) mass is 358 g/mol. The fourth-order valence-electron chi connectivity index (χ4n) is 4.68. The summed E-state index contributed by atoms with van der Waals surface area (Å²) in [5.41, 5.74) is 5.29. The minimum atomic E-state index is -0.468. The van der Waals surface area contributed by atoms with Crippen molar-refractivity contribution in [3.8, 4) is 0 Å². The molecule has 24 heavy (non-hydrogen) atoms. The lowest BCUT2D eigenvalue weighted by atomic mass is 9.81. The molecule has 0 aliphatic carbocycles. The van der Waals surface area contributed by atoms with Gasteiger partial charge in [-0.1, -0.05) is 0 Å². The SMILES string of the molecule is CN(C1NN[C@@H]1Cl)[C@H]1C[C@]2(C)CC[C@](C)(C1)N2C(=O)OC(C)(C)C. The zero-order valence-corrected chi connectivity index (χ0v) is 16.4. The first kappa shape index (κ1) is 18.2. The maximum atomic E-state index is 12.9. The lowest BCUT2D eigenvalue weighted by Gasteiger charge is -2.54. The maximum Gasteiger partial charge on any atom is 0.411 e. The van der Waals surface area contributed by atoms with Crippen molar-refractivity contribution in [1.29, 1.82) is 0 Å². The van der Waals surface area contributed by atoms with Gasteiger partial charge in [0.25, 0.3) is 0 Å². The Hall–Kier alpha value is -0.560. The Kier molecular flexibility index (Phi) is 4.35. The molecule has 0 radical (unpaired) electrons. The van der Waals surface area contributed by atoms with Crippen molar-refractivity contribution in [2.45, 2.75) is 94.7 Å². The van der Waals surface area contributed by atoms with Crippen LogP contribution in [0.15, 0.2) is 0 Å². The molecule has 2 bridgehead atoms. The van der Waals surface area contributed by atoms with E-state index in [0.717, 1.165) is 25.7 Å². The lowest BCUT2D eigenvalue weighted by Crippen LogP contribution is -2.73. The van der Waals surface area contributed by atoms with Gasteiger partial charge in [-0.15, -0.1) is 11.6 Å². The van der Waals surface area contributed by atoms with E-state index >= 15 is 0 Å². The molecule has 3 heterocycles. The number of fused-ring (bicyclic) bond motifs is 2. The van der Waals surface area contributed by atoms with Crippen LogP contribution in [0.5, 0.6) is 0 Å². The summed E-state index contributed by atoms with van der Waals surface area (Å²) in [6.07, 6.45) is 3.89. The number of carbonyl (C=O) groups is 1. The number of halogens is 1. The fourth-order valence-corrected chi connectivity index (χ4v) is 4.98. The van der Waals surface area contributed by atoms with E-state index in [4.69, 9.17) is 16.3 Å². The molecule has 1 amide bonds. The number of piperidine rings is 1.